The van der Waals surface area contributed by atoms with E-state index in [1.807, 2.05) is 5.38 Å². The number of hydrogen-bond acceptors (Lipinski definition) is 3. The van der Waals surface area contributed by atoms with Crippen molar-refractivity contribution >= 4 is 17.3 Å². The molecule has 0 amide bonds. The molecule has 0 aliphatic carbocycles. The zero-order valence-electron chi connectivity index (χ0n) is 6.60. The lowest BCUT2D eigenvalue weighted by atomic mass is 10.0. The molecule has 0 aliphatic heterocycles. The normalized spacial score (nSPS) is 15.5. The second kappa shape index (κ2) is 3.69. The first-order chi connectivity index (χ1) is 5.63. The molecule has 0 spiro atoms. The van der Waals surface area contributed by atoms with Gasteiger partial charge in [0.25, 0.3) is 0 Å². The number of carboxylic acids is 1. The molecule has 1 aromatic heterocycles. The van der Waals surface area contributed by atoms with Gasteiger partial charge in [-0.2, -0.15) is 0 Å². The molecule has 0 aromatic carbocycles. The van der Waals surface area contributed by atoms with Crippen LogP contribution in [0.4, 0.5) is 0 Å². The monoisotopic (exact) mass is 186 g/mol. The maximum Gasteiger partial charge on any atom is 0.309 e. The summed E-state index contributed by atoms with van der Waals surface area (Å²) in [6.07, 6.45) is -0.887. The molecule has 1 heterocycles. The van der Waals surface area contributed by atoms with Crippen LogP contribution < -0.4 is 0 Å². The molecule has 4 heteroatoms. The fraction of sp³-hybridized carbons (Fsp3) is 0.375. The lowest BCUT2D eigenvalue weighted by Gasteiger charge is -2.12. The van der Waals surface area contributed by atoms with Gasteiger partial charge in [0.1, 0.15) is 6.10 Å². The highest BCUT2D eigenvalue weighted by molar-refractivity contribution is 7.10. The summed E-state index contributed by atoms with van der Waals surface area (Å²) in [4.78, 5) is 11.2. The molecule has 2 N–H and O–H groups in total. The number of carboxylic acid groups (broad SMARTS) is 1. The summed E-state index contributed by atoms with van der Waals surface area (Å²) in [7, 11) is 0. The molecule has 12 heavy (non-hydrogen) atoms. The molecule has 0 aliphatic rings. The van der Waals surface area contributed by atoms with E-state index in [-0.39, 0.29) is 0 Å². The van der Waals surface area contributed by atoms with E-state index in [4.69, 9.17) is 5.11 Å². The Morgan fingerprint density at radius 1 is 1.67 bits per heavy atom. The topological polar surface area (TPSA) is 57.5 Å². The Labute approximate surface area is 74.3 Å². The van der Waals surface area contributed by atoms with Crippen molar-refractivity contribution in [2.75, 3.05) is 0 Å². The average molecular weight is 186 g/mol. The van der Waals surface area contributed by atoms with E-state index >= 15 is 0 Å². The first-order valence-corrected chi connectivity index (χ1v) is 4.45. The molecule has 2 atom stereocenters. The fourth-order valence-electron chi connectivity index (χ4n) is 0.841. The molecular formula is C8H10O3S. The highest BCUT2D eigenvalue weighted by Crippen LogP contribution is 2.25. The van der Waals surface area contributed by atoms with Gasteiger partial charge in [-0.3, -0.25) is 4.79 Å². The van der Waals surface area contributed by atoms with Gasteiger partial charge in [0.05, 0.1) is 5.92 Å². The van der Waals surface area contributed by atoms with E-state index in [9.17, 15) is 9.90 Å². The van der Waals surface area contributed by atoms with Gasteiger partial charge in [-0.1, -0.05) is 6.07 Å². The Morgan fingerprint density at radius 3 is 2.75 bits per heavy atom. The van der Waals surface area contributed by atoms with E-state index < -0.39 is 18.0 Å². The zero-order chi connectivity index (χ0) is 9.14. The Hall–Kier alpha value is -0.870. The summed E-state index contributed by atoms with van der Waals surface area (Å²) in [5, 5.41) is 19.9. The Bertz CT molecular complexity index is 255. The summed E-state index contributed by atoms with van der Waals surface area (Å²) in [6, 6.07) is 3.52. The van der Waals surface area contributed by atoms with E-state index in [0.29, 0.717) is 4.88 Å². The van der Waals surface area contributed by atoms with Crippen molar-refractivity contribution in [3.8, 4) is 0 Å². The van der Waals surface area contributed by atoms with Crippen LogP contribution in [0.15, 0.2) is 17.5 Å². The van der Waals surface area contributed by atoms with Crippen LogP contribution >= 0.6 is 11.3 Å². The number of aliphatic carboxylic acids is 1. The smallest absolute Gasteiger partial charge is 0.309 e. The maximum absolute atomic E-state index is 10.5. The summed E-state index contributed by atoms with van der Waals surface area (Å²) in [6.45, 7) is 1.49. The van der Waals surface area contributed by atoms with Gasteiger partial charge in [-0.25, -0.2) is 0 Å². The summed E-state index contributed by atoms with van der Waals surface area (Å²) >= 11 is 1.36. The second-order valence-corrected chi connectivity index (χ2v) is 3.57. The molecule has 1 rings (SSSR count). The molecular weight excluding hydrogens is 176 g/mol. The zero-order valence-corrected chi connectivity index (χ0v) is 7.41. The molecule has 0 unspecified atom stereocenters. The average Bonchev–Trinajstić information content (AvgIpc) is 2.53. The summed E-state index contributed by atoms with van der Waals surface area (Å²) < 4.78 is 0. The Kier molecular flexibility index (Phi) is 2.83. The molecule has 0 bridgehead atoms. The van der Waals surface area contributed by atoms with Gasteiger partial charge in [0.15, 0.2) is 0 Å². The SMILES string of the molecule is C[C@H](C(=O)O)[C@@H](O)c1cccs1. The Balaban J connectivity index is 2.71. The van der Waals surface area contributed by atoms with Gasteiger partial charge >= 0.3 is 5.97 Å². The van der Waals surface area contributed by atoms with Crippen molar-refractivity contribution in [2.24, 2.45) is 5.92 Å². The minimum atomic E-state index is -0.976. The lowest BCUT2D eigenvalue weighted by Crippen LogP contribution is -2.17. The third kappa shape index (κ3) is 1.84. The standard InChI is InChI=1S/C8H10O3S/c1-5(8(10)11)7(9)6-3-2-4-12-6/h2-5,7,9H,1H3,(H,10,11)/t5-,7+/m0/s1. The van der Waals surface area contributed by atoms with Crippen LogP contribution in [0.25, 0.3) is 0 Å². The van der Waals surface area contributed by atoms with Crippen molar-refractivity contribution in [1.82, 2.24) is 0 Å². The third-order valence-electron chi connectivity index (χ3n) is 1.70. The third-order valence-corrected chi connectivity index (χ3v) is 2.64. The number of carbonyl (C=O) groups is 1. The molecule has 0 radical (unpaired) electrons. The summed E-state index contributed by atoms with van der Waals surface area (Å²) in [5.41, 5.74) is 0. The van der Waals surface area contributed by atoms with Gasteiger partial charge in [-0.05, 0) is 18.4 Å². The fourth-order valence-corrected chi connectivity index (χ4v) is 1.66. The van der Waals surface area contributed by atoms with Crippen molar-refractivity contribution in [1.29, 1.82) is 0 Å². The molecule has 1 aromatic rings. The van der Waals surface area contributed by atoms with Crippen LogP contribution in [0.1, 0.15) is 17.9 Å². The predicted octanol–water partition coefficient (Wildman–Crippen LogP) is 1.50. The van der Waals surface area contributed by atoms with Crippen molar-refractivity contribution in [3.63, 3.8) is 0 Å². The van der Waals surface area contributed by atoms with Crippen molar-refractivity contribution in [3.05, 3.63) is 22.4 Å². The van der Waals surface area contributed by atoms with Gasteiger partial charge < -0.3 is 10.2 Å². The molecule has 0 saturated heterocycles. The second-order valence-electron chi connectivity index (χ2n) is 2.59. The van der Waals surface area contributed by atoms with E-state index in [1.54, 1.807) is 12.1 Å². The van der Waals surface area contributed by atoms with Crippen molar-refractivity contribution < 1.29 is 15.0 Å². The number of hydrogen-bond donors (Lipinski definition) is 2. The van der Waals surface area contributed by atoms with E-state index in [2.05, 4.69) is 0 Å². The minimum Gasteiger partial charge on any atom is -0.481 e. The highest BCUT2D eigenvalue weighted by atomic mass is 32.1. The van der Waals surface area contributed by atoms with E-state index in [1.165, 1.54) is 18.3 Å². The molecule has 3 nitrogen and oxygen atoms in total. The highest BCUT2D eigenvalue weighted by Gasteiger charge is 2.23. The summed E-state index contributed by atoms with van der Waals surface area (Å²) in [5.74, 6) is -1.72. The molecule has 0 fully saturated rings. The van der Waals surface area contributed by atoms with Gasteiger partial charge in [0.2, 0.25) is 0 Å². The van der Waals surface area contributed by atoms with Crippen LogP contribution in [0.3, 0.4) is 0 Å². The van der Waals surface area contributed by atoms with Crippen molar-refractivity contribution in [2.45, 2.75) is 13.0 Å². The van der Waals surface area contributed by atoms with E-state index in [0.717, 1.165) is 0 Å². The first-order valence-electron chi connectivity index (χ1n) is 3.57. The number of aliphatic hydroxyl groups excluding tert-OH is 1. The minimum absolute atomic E-state index is 0.699. The van der Waals surface area contributed by atoms with Gasteiger partial charge in [-0.15, -0.1) is 11.3 Å². The maximum atomic E-state index is 10.5. The van der Waals surface area contributed by atoms with Crippen LogP contribution in [0, 0.1) is 5.92 Å². The van der Waals surface area contributed by atoms with Crippen LogP contribution in [0.5, 0.6) is 0 Å². The molecule has 0 saturated carbocycles. The molecule has 66 valence electrons. The van der Waals surface area contributed by atoms with Crippen LogP contribution in [-0.2, 0) is 4.79 Å². The first kappa shape index (κ1) is 9.22. The lowest BCUT2D eigenvalue weighted by molar-refractivity contribution is -0.144. The Morgan fingerprint density at radius 2 is 2.33 bits per heavy atom. The predicted molar refractivity (Wildman–Crippen MR) is 46.1 cm³/mol. The largest absolute Gasteiger partial charge is 0.481 e. The van der Waals surface area contributed by atoms with Gasteiger partial charge in [0, 0.05) is 4.88 Å². The quantitative estimate of drug-likeness (QED) is 0.752. The number of aliphatic hydroxyl groups is 1. The number of rotatable bonds is 3. The van der Waals surface area contributed by atoms with Crippen LogP contribution in [0.2, 0.25) is 0 Å². The number of thiophene rings is 1. The van der Waals surface area contributed by atoms with Crippen LogP contribution in [-0.4, -0.2) is 16.2 Å².